The zero-order valence-electron chi connectivity index (χ0n) is 16.4. The van der Waals surface area contributed by atoms with Crippen LogP contribution in [0.25, 0.3) is 0 Å². The molecule has 3 N–H and O–H groups in total. The van der Waals surface area contributed by atoms with Gasteiger partial charge in [0.05, 0.1) is 12.6 Å². The first kappa shape index (κ1) is 21.5. The molecule has 1 aromatic rings. The Hall–Kier alpha value is -1.79. The predicted molar refractivity (Wildman–Crippen MR) is 110 cm³/mol. The number of aliphatic hydroxyl groups is 1. The number of hydrogen-bond acceptors (Lipinski definition) is 3. The van der Waals surface area contributed by atoms with E-state index in [1.165, 1.54) is 0 Å². The average molecular weight is 395 g/mol. The van der Waals surface area contributed by atoms with Crippen molar-refractivity contribution in [1.29, 1.82) is 0 Å². The van der Waals surface area contributed by atoms with Crippen LogP contribution in [0.5, 0.6) is 0 Å². The zero-order chi connectivity index (χ0) is 19.8. The van der Waals surface area contributed by atoms with E-state index in [0.29, 0.717) is 11.0 Å². The van der Waals surface area contributed by atoms with Crippen LogP contribution >= 0.6 is 11.6 Å². The molecule has 1 fully saturated rings. The van der Waals surface area contributed by atoms with Crippen LogP contribution in [0, 0.1) is 5.92 Å². The average Bonchev–Trinajstić information content (AvgIpc) is 2.66. The number of likely N-dealkylation sites (tertiary alicyclic amines) is 1. The van der Waals surface area contributed by atoms with E-state index in [2.05, 4.69) is 15.6 Å². The highest BCUT2D eigenvalue weighted by Gasteiger charge is 2.24. The van der Waals surface area contributed by atoms with Crippen molar-refractivity contribution in [2.75, 3.05) is 26.2 Å². The maximum absolute atomic E-state index is 12.1. The summed E-state index contributed by atoms with van der Waals surface area (Å²) in [5.41, 5.74) is 0.791. The molecule has 27 heavy (non-hydrogen) atoms. The highest BCUT2D eigenvalue weighted by molar-refractivity contribution is 6.30. The molecule has 1 aliphatic rings. The number of nitrogens with zero attached hydrogens (tertiary/aromatic N) is 2. The normalized spacial score (nSPS) is 17.1. The van der Waals surface area contributed by atoms with Gasteiger partial charge in [0.1, 0.15) is 0 Å². The van der Waals surface area contributed by atoms with Gasteiger partial charge in [0.2, 0.25) is 5.91 Å². The fourth-order valence-electron chi connectivity index (χ4n) is 3.09. The molecule has 0 bridgehead atoms. The molecular weight excluding hydrogens is 364 g/mol. The van der Waals surface area contributed by atoms with Crippen molar-refractivity contribution in [2.24, 2.45) is 10.9 Å². The number of nitrogens with one attached hydrogen (secondary N) is 2. The summed E-state index contributed by atoms with van der Waals surface area (Å²) in [4.78, 5) is 18.6. The smallest absolute Gasteiger partial charge is 0.225 e. The lowest BCUT2D eigenvalue weighted by atomic mass is 10.0. The van der Waals surface area contributed by atoms with E-state index in [0.717, 1.165) is 38.0 Å². The van der Waals surface area contributed by atoms with Gasteiger partial charge in [-0.05, 0) is 37.5 Å². The molecule has 1 aliphatic heterocycles. The van der Waals surface area contributed by atoms with Gasteiger partial charge in [-0.25, -0.2) is 0 Å². The van der Waals surface area contributed by atoms with Gasteiger partial charge < -0.3 is 20.6 Å². The fraction of sp³-hybridized carbons (Fsp3) is 0.600. The summed E-state index contributed by atoms with van der Waals surface area (Å²) in [6.45, 7) is 8.43. The summed E-state index contributed by atoms with van der Waals surface area (Å²) in [6, 6.07) is 7.42. The first-order valence-corrected chi connectivity index (χ1v) is 10.1. The van der Waals surface area contributed by atoms with Crippen molar-refractivity contribution < 1.29 is 9.90 Å². The van der Waals surface area contributed by atoms with Gasteiger partial charge >= 0.3 is 0 Å². The van der Waals surface area contributed by atoms with Crippen molar-refractivity contribution in [3.05, 3.63) is 34.9 Å². The highest BCUT2D eigenvalue weighted by atomic mass is 35.5. The standard InChI is InChI=1S/C20H31ClN4O2/c1-4-22-20(23-13-18(26)15-5-7-16(21)8-6-15)24-17-9-11-25(12-10-17)19(27)14(2)3/h5-8,14,17-18,26H,4,9-13H2,1-3H3,(H2,22,23,24). The van der Waals surface area contributed by atoms with Crippen LogP contribution in [-0.4, -0.2) is 54.1 Å². The lowest BCUT2D eigenvalue weighted by Gasteiger charge is -2.34. The monoisotopic (exact) mass is 394 g/mol. The molecular formula is C20H31ClN4O2. The number of aliphatic hydroxyl groups excluding tert-OH is 1. The molecule has 1 amide bonds. The number of guanidine groups is 1. The lowest BCUT2D eigenvalue weighted by molar-refractivity contribution is -0.135. The van der Waals surface area contributed by atoms with Crippen molar-refractivity contribution in [3.63, 3.8) is 0 Å². The number of carbonyl (C=O) groups is 1. The third-order valence-corrected chi connectivity index (χ3v) is 4.91. The first-order chi connectivity index (χ1) is 12.9. The number of rotatable bonds is 6. The Morgan fingerprint density at radius 1 is 1.30 bits per heavy atom. The molecule has 7 heteroatoms. The highest BCUT2D eigenvalue weighted by Crippen LogP contribution is 2.17. The van der Waals surface area contributed by atoms with Crippen molar-refractivity contribution in [1.82, 2.24) is 15.5 Å². The summed E-state index contributed by atoms with van der Waals surface area (Å²) in [7, 11) is 0. The number of hydrogen-bond donors (Lipinski definition) is 3. The molecule has 1 unspecified atom stereocenters. The van der Waals surface area contributed by atoms with E-state index in [4.69, 9.17) is 11.6 Å². The Kier molecular flexibility index (Phi) is 8.38. The molecule has 1 saturated heterocycles. The second kappa shape index (κ2) is 10.5. The number of piperidine rings is 1. The Morgan fingerprint density at radius 2 is 1.93 bits per heavy atom. The van der Waals surface area contributed by atoms with E-state index >= 15 is 0 Å². The molecule has 6 nitrogen and oxygen atoms in total. The number of aliphatic imine (C=N–C) groups is 1. The maximum Gasteiger partial charge on any atom is 0.225 e. The molecule has 1 aromatic carbocycles. The van der Waals surface area contributed by atoms with Crippen LogP contribution in [0.2, 0.25) is 5.02 Å². The van der Waals surface area contributed by atoms with Crippen molar-refractivity contribution in [3.8, 4) is 0 Å². The minimum absolute atomic E-state index is 0.0442. The maximum atomic E-state index is 12.1. The van der Waals surface area contributed by atoms with Crippen LogP contribution in [0.3, 0.4) is 0 Å². The minimum atomic E-state index is -0.678. The number of amides is 1. The molecule has 1 atom stereocenters. The topological polar surface area (TPSA) is 77.0 Å². The van der Waals surface area contributed by atoms with Gasteiger partial charge in [0, 0.05) is 36.6 Å². The molecule has 0 aliphatic carbocycles. The Balaban J connectivity index is 1.88. The van der Waals surface area contributed by atoms with E-state index in [1.54, 1.807) is 12.1 Å². The molecule has 0 saturated carbocycles. The van der Waals surface area contributed by atoms with Crippen LogP contribution < -0.4 is 10.6 Å². The Bertz CT molecular complexity index is 625. The van der Waals surface area contributed by atoms with Gasteiger partial charge in [-0.2, -0.15) is 0 Å². The third-order valence-electron chi connectivity index (χ3n) is 4.66. The second-order valence-electron chi connectivity index (χ2n) is 7.19. The van der Waals surface area contributed by atoms with E-state index in [9.17, 15) is 9.90 Å². The number of benzene rings is 1. The van der Waals surface area contributed by atoms with Crippen molar-refractivity contribution in [2.45, 2.75) is 45.8 Å². The Morgan fingerprint density at radius 3 is 2.48 bits per heavy atom. The van der Waals surface area contributed by atoms with E-state index < -0.39 is 6.10 Å². The summed E-state index contributed by atoms with van der Waals surface area (Å²) in [5.74, 6) is 0.960. The summed E-state index contributed by atoms with van der Waals surface area (Å²) < 4.78 is 0. The summed E-state index contributed by atoms with van der Waals surface area (Å²) >= 11 is 5.89. The molecule has 0 aromatic heterocycles. The molecule has 0 spiro atoms. The third kappa shape index (κ3) is 6.70. The molecule has 2 rings (SSSR count). The van der Waals surface area contributed by atoms with Gasteiger partial charge in [0.25, 0.3) is 0 Å². The lowest BCUT2D eigenvalue weighted by Crippen LogP contribution is -2.50. The minimum Gasteiger partial charge on any atom is -0.386 e. The SMILES string of the molecule is CCNC(=NCC(O)c1ccc(Cl)cc1)NC1CCN(C(=O)C(C)C)CC1. The van der Waals surface area contributed by atoms with Crippen molar-refractivity contribution >= 4 is 23.5 Å². The van der Waals surface area contributed by atoms with E-state index in [-0.39, 0.29) is 24.4 Å². The molecule has 0 radical (unpaired) electrons. The largest absolute Gasteiger partial charge is 0.386 e. The molecule has 150 valence electrons. The second-order valence-corrected chi connectivity index (χ2v) is 7.62. The number of carbonyl (C=O) groups excluding carboxylic acids is 1. The predicted octanol–water partition coefficient (Wildman–Crippen LogP) is 2.58. The van der Waals surface area contributed by atoms with Gasteiger partial charge in [-0.3, -0.25) is 9.79 Å². The number of halogens is 1. The van der Waals surface area contributed by atoms with Crippen LogP contribution in [0.1, 0.15) is 45.3 Å². The Labute approximate surface area is 167 Å². The zero-order valence-corrected chi connectivity index (χ0v) is 17.2. The van der Waals surface area contributed by atoms with Crippen LogP contribution in [0.15, 0.2) is 29.3 Å². The van der Waals surface area contributed by atoms with Gasteiger partial charge in [-0.15, -0.1) is 0 Å². The summed E-state index contributed by atoms with van der Waals surface area (Å²) in [5, 5.41) is 17.6. The first-order valence-electron chi connectivity index (χ1n) is 9.67. The van der Waals surface area contributed by atoms with Crippen LogP contribution in [-0.2, 0) is 4.79 Å². The molecule has 1 heterocycles. The van der Waals surface area contributed by atoms with Gasteiger partial charge in [0.15, 0.2) is 5.96 Å². The van der Waals surface area contributed by atoms with E-state index in [1.807, 2.05) is 37.8 Å². The summed E-state index contributed by atoms with van der Waals surface area (Å²) in [6.07, 6.45) is 1.11. The fourth-order valence-corrected chi connectivity index (χ4v) is 3.22. The van der Waals surface area contributed by atoms with Crippen LogP contribution in [0.4, 0.5) is 0 Å². The quantitative estimate of drug-likeness (QED) is 0.512. The van der Waals surface area contributed by atoms with Gasteiger partial charge in [-0.1, -0.05) is 37.6 Å².